The van der Waals surface area contributed by atoms with Crippen LogP contribution in [0.5, 0.6) is 0 Å². The van der Waals surface area contributed by atoms with Crippen molar-refractivity contribution in [3.8, 4) is 0 Å². The summed E-state index contributed by atoms with van der Waals surface area (Å²) in [4.78, 5) is 154. The molecule has 25 heteroatoms. The normalized spacial score (nSPS) is 15.1. The number of ketones is 1. The molecule has 0 saturated heterocycles. The number of hydrogen-bond donors (Lipinski definition) is 11. The number of nitrogens with one attached hydrogen (secondary N) is 6. The molecule has 6 atom stereocenters. The Morgan fingerprint density at radius 1 is 0.549 bits per heavy atom. The summed E-state index contributed by atoms with van der Waals surface area (Å²) in [5.41, 5.74) is 0.594. The Balaban J connectivity index is 2.18. The largest absolute Gasteiger partial charge is 0.481 e. The van der Waals surface area contributed by atoms with Crippen LogP contribution in [0.1, 0.15) is 94.6 Å². The molecule has 1 aliphatic rings. The highest BCUT2D eigenvalue weighted by Gasteiger charge is 2.41. The van der Waals surface area contributed by atoms with Crippen molar-refractivity contribution in [2.45, 2.75) is 126 Å². The van der Waals surface area contributed by atoms with Gasteiger partial charge in [0.1, 0.15) is 36.3 Å². The summed E-state index contributed by atoms with van der Waals surface area (Å²) in [5, 5.41) is 61.2. The van der Waals surface area contributed by atoms with Crippen LogP contribution in [0, 0.1) is 11.8 Å². The van der Waals surface area contributed by atoms with Crippen molar-refractivity contribution >= 4 is 71.1 Å². The molecule has 11 N–H and O–H groups in total. The van der Waals surface area contributed by atoms with Gasteiger partial charge in [-0.25, -0.2) is 13.6 Å². The van der Waals surface area contributed by atoms with Crippen molar-refractivity contribution in [3.63, 3.8) is 0 Å². The Morgan fingerprint density at radius 2 is 1.03 bits per heavy atom. The maximum atomic E-state index is 14.9. The lowest BCUT2D eigenvalue weighted by Crippen LogP contribution is -2.61. The molecule has 1 fully saturated rings. The predicted octanol–water partition coefficient (Wildman–Crippen LogP) is 0.542. The van der Waals surface area contributed by atoms with Crippen LogP contribution in [0.25, 0.3) is 0 Å². The first-order valence-electron chi connectivity index (χ1n) is 22.3. The fourth-order valence-electron chi connectivity index (χ4n) is 8.02. The molecule has 2 aromatic carbocycles. The van der Waals surface area contributed by atoms with E-state index in [-0.39, 0.29) is 12.3 Å². The minimum Gasteiger partial charge on any atom is -0.481 e. The van der Waals surface area contributed by atoms with Gasteiger partial charge >= 0.3 is 29.8 Å². The molecule has 0 spiro atoms. The molecule has 0 heterocycles. The second-order valence-electron chi connectivity index (χ2n) is 16.8. The lowest BCUT2D eigenvalue weighted by atomic mass is 9.84. The third-order valence-electron chi connectivity index (χ3n) is 11.5. The summed E-state index contributed by atoms with van der Waals surface area (Å²) in [5.74, 6) is -22.4. The topological polar surface area (TPSA) is 378 Å². The lowest BCUT2D eigenvalue weighted by molar-refractivity contribution is -0.156. The van der Waals surface area contributed by atoms with Crippen LogP contribution >= 0.6 is 0 Å². The summed E-state index contributed by atoms with van der Waals surface area (Å²) >= 11 is 0. The van der Waals surface area contributed by atoms with Gasteiger partial charge in [-0.15, -0.1) is 0 Å². The van der Waals surface area contributed by atoms with E-state index in [1.54, 1.807) is 36.4 Å². The molecule has 0 bridgehead atoms. The van der Waals surface area contributed by atoms with E-state index in [1.165, 1.54) is 24.3 Å². The van der Waals surface area contributed by atoms with E-state index in [4.69, 9.17) is 0 Å². The Hall–Kier alpha value is -7.86. The highest BCUT2D eigenvalue weighted by molar-refractivity contribution is 6.35. The lowest BCUT2D eigenvalue weighted by Gasteiger charge is -2.32. The summed E-state index contributed by atoms with van der Waals surface area (Å²) in [6.45, 7) is 0.931. The van der Waals surface area contributed by atoms with Crippen molar-refractivity contribution in [1.82, 2.24) is 31.9 Å². The van der Waals surface area contributed by atoms with Crippen molar-refractivity contribution in [2.75, 3.05) is 0 Å². The van der Waals surface area contributed by atoms with E-state index in [1.807, 2.05) is 5.32 Å². The predicted molar refractivity (Wildman–Crippen MR) is 239 cm³/mol. The van der Waals surface area contributed by atoms with E-state index in [9.17, 15) is 91.8 Å². The molecule has 0 aromatic heterocycles. The van der Waals surface area contributed by atoms with Gasteiger partial charge in [0.2, 0.25) is 41.9 Å². The average molecular weight is 1000 g/mol. The van der Waals surface area contributed by atoms with Crippen LogP contribution in [-0.4, -0.2) is 139 Å². The highest BCUT2D eigenvalue weighted by atomic mass is 19.3. The molecule has 71 heavy (non-hydrogen) atoms. The minimum absolute atomic E-state index is 0.168. The number of carbonyl (C=O) groups excluding carboxylic acids is 7. The molecule has 2 aromatic rings. The average Bonchev–Trinajstić information content (AvgIpc) is 3.30. The smallest absolute Gasteiger partial charge is 0.374 e. The van der Waals surface area contributed by atoms with E-state index < -0.39 is 158 Å². The number of hydrogen-bond acceptors (Lipinski definition) is 12. The molecule has 23 nitrogen and oxygen atoms in total. The minimum atomic E-state index is -3.26. The van der Waals surface area contributed by atoms with Gasteiger partial charge in [0.25, 0.3) is 5.78 Å². The molecule has 386 valence electrons. The number of halogens is 2. The van der Waals surface area contributed by atoms with Crippen molar-refractivity contribution in [3.05, 3.63) is 71.8 Å². The van der Waals surface area contributed by atoms with Gasteiger partial charge in [-0.1, -0.05) is 92.8 Å². The van der Waals surface area contributed by atoms with Crippen molar-refractivity contribution < 1.29 is 91.8 Å². The first kappa shape index (κ1) is 57.5. The summed E-state index contributed by atoms with van der Waals surface area (Å²) in [6.07, 6.45) is -5.27. The first-order chi connectivity index (χ1) is 33.5. The number of Topliss-reactive ketones (excluding diaryl/α,β-unsaturated/α-hetero) is 1. The van der Waals surface area contributed by atoms with E-state index in [0.29, 0.717) is 36.8 Å². The maximum absolute atomic E-state index is 14.9. The Kier molecular flexibility index (Phi) is 22.6. The van der Waals surface area contributed by atoms with Crippen LogP contribution < -0.4 is 31.9 Å². The van der Waals surface area contributed by atoms with Crippen molar-refractivity contribution in [1.29, 1.82) is 0 Å². The number of carbonyl (C=O) groups is 12. The van der Waals surface area contributed by atoms with Gasteiger partial charge in [0.15, 0.2) is 5.92 Å². The standard InChI is InChI=1S/C46H56F2N6O17/c1-23(55)49-32(22-35(58)59)41(63)53-31(20-27(44(66)67)45(68)69)42(64)54-37(36(25-13-7-3-8-14-25)26-15-9-4-10-16-26)43(65)50-28(17-18-34(56)57)39(61)52-30(19-24-11-5-2-6-12-24)40(62)51-29(21-33(47)48)38(60)46(70)71/h3-4,7-10,13-16,24,27-33,36-37H,2,5-6,11-12,17-22H2,1H3,(H,49,55)(H,50,65)(H,51,62)(H,52,61)(H,53,63)(H,54,64)(H,56,57)(H,58,59)(H,66,67)(H,68,69)(H,70,71)/t28-,29-,30-,31+,32-,37-/m0/s1. The molecule has 3 rings (SSSR count). The quantitative estimate of drug-likeness (QED) is 0.0391. The number of benzene rings is 2. The third-order valence-corrected chi connectivity index (χ3v) is 11.5. The number of aliphatic carboxylic acids is 5. The Morgan fingerprint density at radius 3 is 1.51 bits per heavy atom. The van der Waals surface area contributed by atoms with E-state index >= 15 is 0 Å². The fourth-order valence-corrected chi connectivity index (χ4v) is 8.02. The fraction of sp³-hybridized carbons (Fsp3) is 0.478. The van der Waals surface area contributed by atoms with Gasteiger partial charge in [-0.3, -0.25) is 52.7 Å². The monoisotopic (exact) mass is 1000 g/mol. The third kappa shape index (κ3) is 18.9. The van der Waals surface area contributed by atoms with E-state index in [2.05, 4.69) is 26.6 Å². The summed E-state index contributed by atoms with van der Waals surface area (Å²) < 4.78 is 27.0. The van der Waals surface area contributed by atoms with Gasteiger partial charge in [-0.2, -0.15) is 0 Å². The molecule has 0 radical (unpaired) electrons. The molecule has 0 unspecified atom stereocenters. The Labute approximate surface area is 403 Å². The molecule has 0 aliphatic heterocycles. The van der Waals surface area contributed by atoms with Crippen LogP contribution in [0.15, 0.2) is 60.7 Å². The summed E-state index contributed by atoms with van der Waals surface area (Å²) in [7, 11) is 0. The maximum Gasteiger partial charge on any atom is 0.374 e. The number of carboxylic acids is 5. The number of amides is 6. The Bertz CT molecular complexity index is 2190. The van der Waals surface area contributed by atoms with Crippen molar-refractivity contribution in [2.24, 2.45) is 11.8 Å². The van der Waals surface area contributed by atoms with Gasteiger partial charge in [-0.05, 0) is 29.9 Å². The zero-order valence-corrected chi connectivity index (χ0v) is 38.2. The molecule has 1 aliphatic carbocycles. The summed E-state index contributed by atoms with van der Waals surface area (Å²) in [6, 6.07) is 3.66. The second-order valence-corrected chi connectivity index (χ2v) is 16.8. The van der Waals surface area contributed by atoms with Crippen LogP contribution in [-0.2, 0) is 57.5 Å². The number of rotatable bonds is 29. The molecular formula is C46H56F2N6O17. The zero-order valence-electron chi connectivity index (χ0n) is 38.2. The van der Waals surface area contributed by atoms with Gasteiger partial charge in [0, 0.05) is 32.1 Å². The molecule has 1 saturated carbocycles. The zero-order chi connectivity index (χ0) is 52.9. The SMILES string of the molecule is CC(=O)N[C@@H](CC(=O)O)C(=O)N[C@H](CC(C(=O)O)C(=O)O)C(=O)N[C@H](C(=O)N[C@@H](CCC(=O)O)C(=O)N[C@@H](CC1CCCCC1)C(=O)N[C@@H](CC(F)F)C(=O)C(=O)O)C(c1ccccc1)c1ccccc1. The number of carboxylic acid groups (broad SMARTS) is 5. The van der Waals surface area contributed by atoms with E-state index in [0.717, 1.165) is 13.3 Å². The van der Waals surface area contributed by atoms with Gasteiger partial charge in [0.05, 0.1) is 6.42 Å². The van der Waals surface area contributed by atoms with Crippen LogP contribution in [0.4, 0.5) is 8.78 Å². The highest BCUT2D eigenvalue weighted by Crippen LogP contribution is 2.30. The molecular weight excluding hydrogens is 947 g/mol. The van der Waals surface area contributed by atoms with Crippen LogP contribution in [0.3, 0.4) is 0 Å². The van der Waals surface area contributed by atoms with Crippen LogP contribution in [0.2, 0.25) is 0 Å². The van der Waals surface area contributed by atoms with Gasteiger partial charge < -0.3 is 57.4 Å². The first-order valence-corrected chi connectivity index (χ1v) is 22.3. The number of alkyl halides is 2. The molecule has 6 amide bonds. The second kappa shape index (κ2) is 28.0.